The molecule has 0 spiro atoms. The quantitative estimate of drug-likeness (QED) is 0.622. The summed E-state index contributed by atoms with van der Waals surface area (Å²) < 4.78 is 0. The molecule has 1 aliphatic carbocycles. The molecule has 0 amide bonds. The van der Waals surface area contributed by atoms with Gasteiger partial charge in [-0.15, -0.1) is 18.1 Å². The van der Waals surface area contributed by atoms with Crippen LogP contribution in [-0.2, 0) is 17.7 Å². The molecule has 1 rings (SSSR count). The van der Waals surface area contributed by atoms with Crippen LogP contribution in [0.15, 0.2) is 24.3 Å². The van der Waals surface area contributed by atoms with Crippen molar-refractivity contribution < 1.29 is 17.7 Å². The molecule has 1 aliphatic rings. The van der Waals surface area contributed by atoms with Crippen molar-refractivity contribution in [2.45, 2.75) is 0 Å². The van der Waals surface area contributed by atoms with Crippen LogP contribution in [0.25, 0.3) is 0 Å². The van der Waals surface area contributed by atoms with Gasteiger partial charge in [-0.05, 0) is 0 Å². The van der Waals surface area contributed by atoms with Gasteiger partial charge in [0, 0.05) is 0 Å². The van der Waals surface area contributed by atoms with E-state index < -0.39 is 0 Å². The van der Waals surface area contributed by atoms with E-state index in [-0.39, 0.29) is 5.92 Å². The van der Waals surface area contributed by atoms with Crippen molar-refractivity contribution in [2.75, 3.05) is 0 Å². The van der Waals surface area contributed by atoms with Crippen molar-refractivity contribution in [3.63, 3.8) is 0 Å². The summed E-state index contributed by atoms with van der Waals surface area (Å²) in [4.78, 5) is 9.78. The van der Waals surface area contributed by atoms with E-state index >= 15 is 0 Å². The Bertz CT molecular complexity index is 133. The second kappa shape index (κ2) is 7.34. The molecule has 0 aromatic carbocycles. The molecule has 0 bridgehead atoms. The van der Waals surface area contributed by atoms with Crippen molar-refractivity contribution >= 4 is 26.6 Å². The monoisotopic (exact) mass is 222 g/mol. The summed E-state index contributed by atoms with van der Waals surface area (Å²) in [6, 6.07) is 0. The summed E-state index contributed by atoms with van der Waals surface area (Å²) in [6.07, 6.45) is 9.12. The van der Waals surface area contributed by atoms with E-state index in [0.717, 1.165) is 0 Å². The van der Waals surface area contributed by atoms with E-state index in [9.17, 15) is 4.79 Å². The van der Waals surface area contributed by atoms with Gasteiger partial charge in [-0.3, -0.25) is 6.29 Å². The van der Waals surface area contributed by atoms with Crippen LogP contribution < -0.4 is 0 Å². The van der Waals surface area contributed by atoms with Crippen LogP contribution in [0.2, 0.25) is 0 Å². The van der Waals surface area contributed by atoms with Crippen molar-refractivity contribution in [1.29, 1.82) is 0 Å². The van der Waals surface area contributed by atoms with Gasteiger partial charge >= 0.3 is 33.2 Å². The summed E-state index contributed by atoms with van der Waals surface area (Å²) >= 11 is 0.382. The molecule has 0 aromatic rings. The van der Waals surface area contributed by atoms with Gasteiger partial charge < -0.3 is 4.79 Å². The van der Waals surface area contributed by atoms with Gasteiger partial charge in [0.15, 0.2) is 0 Å². The fraction of sp³-hybridized carbons (Fsp3) is 0.167. The number of allylic oxidation sites excluding steroid dienone is 4. The SMILES string of the molecule is O=[C-]C1C=CC=C1.[Cl][Co+][Cl]. The maximum atomic E-state index is 9.78. The number of hydrogen-bond acceptors (Lipinski definition) is 1. The Morgan fingerprint density at radius 1 is 1.30 bits per heavy atom. The first-order chi connectivity index (χ1) is 4.85. The van der Waals surface area contributed by atoms with Gasteiger partial charge in [0.1, 0.15) is 0 Å². The predicted molar refractivity (Wildman–Crippen MR) is 39.2 cm³/mol. The molecular weight excluding hydrogens is 218 g/mol. The first kappa shape index (κ1) is 10.2. The second-order valence-electron chi connectivity index (χ2n) is 1.46. The minimum absolute atomic E-state index is 0.0694. The van der Waals surface area contributed by atoms with Crippen LogP contribution >= 0.6 is 20.3 Å². The van der Waals surface area contributed by atoms with Gasteiger partial charge in [-0.2, -0.15) is 0 Å². The Morgan fingerprint density at radius 3 is 1.90 bits per heavy atom. The molecule has 0 atom stereocenters. The van der Waals surface area contributed by atoms with E-state index in [1.54, 1.807) is 12.2 Å². The van der Waals surface area contributed by atoms with Crippen molar-refractivity contribution in [3.05, 3.63) is 24.3 Å². The Kier molecular flexibility index (Phi) is 7.52. The molecule has 0 N–H and O–H groups in total. The number of rotatable bonds is 1. The van der Waals surface area contributed by atoms with Crippen molar-refractivity contribution in [2.24, 2.45) is 5.92 Å². The van der Waals surface area contributed by atoms with Crippen molar-refractivity contribution in [1.82, 2.24) is 0 Å². The summed E-state index contributed by atoms with van der Waals surface area (Å²) in [5.41, 5.74) is 0. The molecule has 0 saturated carbocycles. The molecule has 58 valence electrons. The third-order valence-corrected chi connectivity index (χ3v) is 0.884. The fourth-order valence-electron chi connectivity index (χ4n) is 0.510. The van der Waals surface area contributed by atoms with E-state index in [1.807, 2.05) is 18.4 Å². The zero-order valence-corrected chi connectivity index (χ0v) is 7.44. The normalized spacial score (nSPS) is 15.0. The zero-order chi connectivity index (χ0) is 7.82. The van der Waals surface area contributed by atoms with Crippen LogP contribution in [0, 0.1) is 5.92 Å². The first-order valence-electron chi connectivity index (χ1n) is 2.41. The van der Waals surface area contributed by atoms with Crippen LogP contribution in [0.5, 0.6) is 0 Å². The molecule has 0 radical (unpaired) electrons. The number of carbonyl (C=O) groups excluding carboxylic acids is 1. The Balaban J connectivity index is 0.000000236. The molecular formula is C6H5Cl2CoO. The zero-order valence-electron chi connectivity index (χ0n) is 4.88. The van der Waals surface area contributed by atoms with E-state index in [2.05, 4.69) is 0 Å². The Morgan fingerprint density at radius 2 is 1.70 bits per heavy atom. The third kappa shape index (κ3) is 5.06. The van der Waals surface area contributed by atoms with E-state index in [0.29, 0.717) is 12.9 Å². The fourth-order valence-corrected chi connectivity index (χ4v) is 0.510. The predicted octanol–water partition coefficient (Wildman–Crippen LogP) is 2.21. The van der Waals surface area contributed by atoms with Gasteiger partial charge in [-0.1, -0.05) is 12.2 Å². The van der Waals surface area contributed by atoms with Gasteiger partial charge in [-0.25, -0.2) is 0 Å². The van der Waals surface area contributed by atoms with Crippen molar-refractivity contribution in [3.8, 4) is 0 Å². The topological polar surface area (TPSA) is 17.1 Å². The average molecular weight is 223 g/mol. The van der Waals surface area contributed by atoms with Crippen LogP contribution in [0.3, 0.4) is 0 Å². The summed E-state index contributed by atoms with van der Waals surface area (Å²) in [5.74, 6) is -0.0694. The Labute approximate surface area is 74.6 Å². The summed E-state index contributed by atoms with van der Waals surface area (Å²) in [5, 5.41) is 0. The van der Waals surface area contributed by atoms with E-state index in [4.69, 9.17) is 20.3 Å². The van der Waals surface area contributed by atoms with Gasteiger partial charge in [0.2, 0.25) is 0 Å². The molecule has 1 nitrogen and oxygen atoms in total. The van der Waals surface area contributed by atoms with Crippen LogP contribution in [-0.4, -0.2) is 6.29 Å². The minimum atomic E-state index is -0.0694. The summed E-state index contributed by atoms with van der Waals surface area (Å²) in [6.45, 7) is 0. The third-order valence-electron chi connectivity index (χ3n) is 0.884. The van der Waals surface area contributed by atoms with Crippen LogP contribution in [0.1, 0.15) is 0 Å². The molecule has 0 saturated heterocycles. The standard InChI is InChI=1S/C6H5O.2ClH.Co/c7-5-6-3-1-2-4-6;;;/h1-4,6H;2*1H;/q-1;;;+3/p-2. The molecule has 0 aromatic heterocycles. The number of halogens is 2. The first-order valence-corrected chi connectivity index (χ1v) is 5.28. The Hall–Kier alpha value is 0.236. The summed E-state index contributed by atoms with van der Waals surface area (Å²) in [7, 11) is 9.47. The van der Waals surface area contributed by atoms with Crippen LogP contribution in [0.4, 0.5) is 0 Å². The number of hydrogen-bond donors (Lipinski definition) is 0. The molecule has 0 aliphatic heterocycles. The van der Waals surface area contributed by atoms with E-state index in [1.165, 1.54) is 0 Å². The molecule has 0 unspecified atom stereocenters. The molecule has 0 fully saturated rings. The average Bonchev–Trinajstić information content (AvgIpc) is 2.39. The van der Waals surface area contributed by atoms with Gasteiger partial charge in [0.05, 0.1) is 0 Å². The molecule has 0 heterocycles. The molecule has 10 heavy (non-hydrogen) atoms. The molecule has 4 heteroatoms. The van der Waals surface area contributed by atoms with Gasteiger partial charge in [0.25, 0.3) is 0 Å². The maximum absolute atomic E-state index is 9.78. The second-order valence-corrected chi connectivity index (χ2v) is 3.18.